The Morgan fingerprint density at radius 2 is 1.68 bits per heavy atom. The van der Waals surface area contributed by atoms with Crippen molar-refractivity contribution in [1.82, 2.24) is 4.90 Å². The van der Waals surface area contributed by atoms with E-state index in [1.807, 2.05) is 24.3 Å². The molecule has 0 radical (unpaired) electrons. The molecule has 0 aliphatic carbocycles. The molecule has 1 unspecified atom stereocenters. The van der Waals surface area contributed by atoms with Gasteiger partial charge in [0.2, 0.25) is 11.8 Å². The van der Waals surface area contributed by atoms with Gasteiger partial charge >= 0.3 is 0 Å². The molecule has 1 aliphatic heterocycles. The van der Waals surface area contributed by atoms with Gasteiger partial charge in [-0.15, -0.1) is 0 Å². The number of ether oxygens (including phenoxy) is 3. The number of halogens is 1. The number of amides is 2. The number of amidine groups is 1. The molecule has 3 aromatic rings. The average Bonchev–Trinajstić information content (AvgIpc) is 3.18. The lowest BCUT2D eigenvalue weighted by Gasteiger charge is -2.18. The van der Waals surface area contributed by atoms with Gasteiger partial charge in [-0.05, 0) is 66.2 Å². The van der Waals surface area contributed by atoms with Gasteiger partial charge in [-0.25, -0.2) is 4.99 Å². The molecule has 0 spiro atoms. The molecule has 1 saturated heterocycles. The minimum absolute atomic E-state index is 0.00378. The van der Waals surface area contributed by atoms with Crippen molar-refractivity contribution in [3.8, 4) is 17.2 Å². The van der Waals surface area contributed by atoms with Crippen LogP contribution >= 0.6 is 23.4 Å². The maximum Gasteiger partial charge on any atom is 0.242 e. The van der Waals surface area contributed by atoms with Gasteiger partial charge in [0.1, 0.15) is 11.0 Å². The van der Waals surface area contributed by atoms with Crippen LogP contribution in [0.25, 0.3) is 0 Å². The van der Waals surface area contributed by atoms with E-state index in [0.717, 1.165) is 5.56 Å². The van der Waals surface area contributed by atoms with Gasteiger partial charge in [0.15, 0.2) is 16.7 Å². The highest BCUT2D eigenvalue weighted by Gasteiger charge is 2.39. The third-order valence-electron chi connectivity index (χ3n) is 5.60. The predicted molar refractivity (Wildman–Crippen MR) is 146 cm³/mol. The highest BCUT2D eigenvalue weighted by molar-refractivity contribution is 8.15. The molecule has 0 bridgehead atoms. The third-order valence-corrected chi connectivity index (χ3v) is 7.03. The van der Waals surface area contributed by atoms with Crippen molar-refractivity contribution < 1.29 is 23.8 Å². The Morgan fingerprint density at radius 1 is 0.973 bits per heavy atom. The monoisotopic (exact) mass is 539 g/mol. The molecule has 192 valence electrons. The molecule has 10 heteroatoms. The maximum atomic E-state index is 13.5. The number of hydrogen-bond donors (Lipinski definition) is 1. The summed E-state index contributed by atoms with van der Waals surface area (Å²) < 4.78 is 16.0. The van der Waals surface area contributed by atoms with Crippen molar-refractivity contribution in [3.63, 3.8) is 0 Å². The van der Waals surface area contributed by atoms with E-state index in [1.54, 1.807) is 68.7 Å². The maximum absolute atomic E-state index is 13.5. The molecule has 1 fully saturated rings. The highest BCUT2D eigenvalue weighted by Crippen LogP contribution is 2.35. The van der Waals surface area contributed by atoms with Gasteiger partial charge in [0.25, 0.3) is 0 Å². The number of nitrogens with one attached hydrogen (secondary N) is 1. The molecule has 1 heterocycles. The van der Waals surface area contributed by atoms with Crippen molar-refractivity contribution in [1.29, 1.82) is 0 Å². The van der Waals surface area contributed by atoms with Crippen LogP contribution in [0.5, 0.6) is 17.2 Å². The fourth-order valence-corrected chi connectivity index (χ4v) is 5.00. The largest absolute Gasteiger partial charge is 0.497 e. The van der Waals surface area contributed by atoms with E-state index in [2.05, 4.69) is 5.32 Å². The first-order chi connectivity index (χ1) is 17.9. The molecule has 2 amide bonds. The number of hydrogen-bond acceptors (Lipinski definition) is 7. The van der Waals surface area contributed by atoms with E-state index in [9.17, 15) is 9.59 Å². The minimum Gasteiger partial charge on any atom is -0.497 e. The van der Waals surface area contributed by atoms with Crippen LogP contribution in [0.4, 0.5) is 11.4 Å². The van der Waals surface area contributed by atoms with Gasteiger partial charge in [0.05, 0.1) is 33.6 Å². The Balaban J connectivity index is 1.57. The summed E-state index contributed by atoms with van der Waals surface area (Å²) in [7, 11) is 4.72. The first-order valence-corrected chi connectivity index (χ1v) is 12.6. The fraction of sp³-hybridized carbons (Fsp3) is 0.222. The van der Waals surface area contributed by atoms with Crippen molar-refractivity contribution in [2.45, 2.75) is 18.2 Å². The SMILES string of the molecule is COc1ccc(N=C2SC(CC(=O)Nc3ccc(Cl)cc3)C(=O)N2Cc2ccc(OC)c(OC)c2)cc1. The number of carbonyl (C=O) groups excluding carboxylic acids is 2. The van der Waals surface area contributed by atoms with Gasteiger partial charge in [0, 0.05) is 17.1 Å². The average molecular weight is 540 g/mol. The van der Waals surface area contributed by atoms with Crippen molar-refractivity contribution in [2.24, 2.45) is 4.99 Å². The van der Waals surface area contributed by atoms with E-state index < -0.39 is 5.25 Å². The molecule has 0 saturated carbocycles. The number of benzene rings is 3. The number of methoxy groups -OCH3 is 3. The zero-order chi connectivity index (χ0) is 26.4. The summed E-state index contributed by atoms with van der Waals surface area (Å²) in [4.78, 5) is 32.5. The molecule has 8 nitrogen and oxygen atoms in total. The van der Waals surface area contributed by atoms with Gasteiger partial charge in [-0.3, -0.25) is 14.5 Å². The van der Waals surface area contributed by atoms with Crippen LogP contribution in [0.15, 0.2) is 71.7 Å². The summed E-state index contributed by atoms with van der Waals surface area (Å²) >= 11 is 7.19. The van der Waals surface area contributed by atoms with Crippen LogP contribution < -0.4 is 19.5 Å². The Morgan fingerprint density at radius 3 is 2.32 bits per heavy atom. The minimum atomic E-state index is -0.621. The van der Waals surface area contributed by atoms with Crippen molar-refractivity contribution in [2.75, 3.05) is 26.6 Å². The molecule has 1 atom stereocenters. The van der Waals surface area contributed by atoms with Crippen LogP contribution in [0.2, 0.25) is 5.02 Å². The summed E-state index contributed by atoms with van der Waals surface area (Å²) in [6.07, 6.45) is -0.00378. The molecular weight excluding hydrogens is 514 g/mol. The second kappa shape index (κ2) is 12.0. The molecular formula is C27H26ClN3O5S. The molecule has 3 aromatic carbocycles. The molecule has 1 aliphatic rings. The lowest BCUT2D eigenvalue weighted by molar-refractivity contribution is -0.128. The number of thioether (sulfide) groups is 1. The fourth-order valence-electron chi connectivity index (χ4n) is 3.71. The van der Waals surface area contributed by atoms with Gasteiger partial charge in [-0.1, -0.05) is 29.4 Å². The first-order valence-electron chi connectivity index (χ1n) is 11.4. The Kier molecular flexibility index (Phi) is 8.58. The second-order valence-electron chi connectivity index (χ2n) is 8.07. The van der Waals surface area contributed by atoms with E-state index >= 15 is 0 Å². The first kappa shape index (κ1) is 26.4. The number of aliphatic imine (C=N–C) groups is 1. The van der Waals surface area contributed by atoms with Crippen LogP contribution in [0.3, 0.4) is 0 Å². The molecule has 4 rings (SSSR count). The van der Waals surface area contributed by atoms with Crippen molar-refractivity contribution >= 4 is 51.7 Å². The van der Waals surface area contributed by atoms with Crippen LogP contribution in [-0.2, 0) is 16.1 Å². The number of nitrogens with zero attached hydrogens (tertiary/aromatic N) is 2. The van der Waals surface area contributed by atoms with E-state index in [0.29, 0.717) is 38.8 Å². The van der Waals surface area contributed by atoms with E-state index in [-0.39, 0.29) is 24.8 Å². The smallest absolute Gasteiger partial charge is 0.242 e. The Bertz CT molecular complexity index is 1300. The lowest BCUT2D eigenvalue weighted by Crippen LogP contribution is -2.33. The van der Waals surface area contributed by atoms with Crippen molar-refractivity contribution in [3.05, 3.63) is 77.3 Å². The molecule has 37 heavy (non-hydrogen) atoms. The van der Waals surface area contributed by atoms with E-state index in [1.165, 1.54) is 11.8 Å². The molecule has 1 N–H and O–H groups in total. The quantitative estimate of drug-likeness (QED) is 0.385. The Labute approximate surface area is 224 Å². The second-order valence-corrected chi connectivity index (χ2v) is 9.68. The zero-order valence-electron chi connectivity index (χ0n) is 20.6. The zero-order valence-corrected chi connectivity index (χ0v) is 22.1. The van der Waals surface area contributed by atoms with Crippen LogP contribution in [-0.4, -0.2) is 48.5 Å². The predicted octanol–water partition coefficient (Wildman–Crippen LogP) is 5.53. The summed E-state index contributed by atoms with van der Waals surface area (Å²) in [6, 6.07) is 19.5. The summed E-state index contributed by atoms with van der Waals surface area (Å²) in [5, 5.41) is 3.28. The Hall–Kier alpha value is -3.69. The number of rotatable bonds is 9. The highest BCUT2D eigenvalue weighted by atomic mass is 35.5. The van der Waals surface area contributed by atoms with Crippen LogP contribution in [0.1, 0.15) is 12.0 Å². The lowest BCUT2D eigenvalue weighted by atomic mass is 10.1. The standard InChI is InChI=1S/C27H26ClN3O5S/c1-34-21-11-9-20(10-12-21)30-27-31(16-17-4-13-22(35-2)23(14-17)36-3)26(33)24(37-27)15-25(32)29-19-7-5-18(28)6-8-19/h4-14,24H,15-16H2,1-3H3,(H,29,32). The van der Waals surface area contributed by atoms with Crippen LogP contribution in [0, 0.1) is 0 Å². The number of anilines is 1. The third kappa shape index (κ3) is 6.55. The molecule has 0 aromatic heterocycles. The summed E-state index contributed by atoms with van der Waals surface area (Å²) in [5.74, 6) is 1.39. The van der Waals surface area contributed by atoms with Gasteiger partial charge in [-0.2, -0.15) is 0 Å². The summed E-state index contributed by atoms with van der Waals surface area (Å²) in [5.41, 5.74) is 2.11. The normalized spacial score (nSPS) is 16.1. The topological polar surface area (TPSA) is 89.5 Å². The van der Waals surface area contributed by atoms with E-state index in [4.69, 9.17) is 30.8 Å². The summed E-state index contributed by atoms with van der Waals surface area (Å²) in [6.45, 7) is 0.260. The van der Waals surface area contributed by atoms with Gasteiger partial charge < -0.3 is 19.5 Å². The number of carbonyl (C=O) groups is 2.